The minimum Gasteiger partial charge on any atom is -0.494 e. The second-order valence-corrected chi connectivity index (χ2v) is 10.7. The van der Waals surface area contributed by atoms with E-state index in [0.717, 1.165) is 30.8 Å². The lowest BCUT2D eigenvalue weighted by Gasteiger charge is -2.43. The Bertz CT molecular complexity index is 878. The number of amides is 2. The Kier molecular flexibility index (Phi) is 10.6. The highest BCUT2D eigenvalue weighted by molar-refractivity contribution is 7.91. The van der Waals surface area contributed by atoms with E-state index >= 15 is 0 Å². The molecule has 2 aliphatic heterocycles. The fraction of sp³-hybridized carbons (Fsp3) is 0.652. The first kappa shape index (κ1) is 27.9. The van der Waals surface area contributed by atoms with Crippen molar-refractivity contribution in [1.82, 2.24) is 9.21 Å². The van der Waals surface area contributed by atoms with Crippen LogP contribution in [0.2, 0.25) is 0 Å². The Labute approximate surface area is 203 Å². The number of rotatable bonds is 9. The Morgan fingerprint density at radius 2 is 1.62 bits per heavy atom. The van der Waals surface area contributed by atoms with E-state index in [4.69, 9.17) is 16.2 Å². The summed E-state index contributed by atoms with van der Waals surface area (Å²) in [4.78, 5) is 26.8. The van der Waals surface area contributed by atoms with Crippen molar-refractivity contribution < 1.29 is 22.7 Å². The maximum absolute atomic E-state index is 13.4. The van der Waals surface area contributed by atoms with Gasteiger partial charge in [-0.1, -0.05) is 20.3 Å². The van der Waals surface area contributed by atoms with Crippen molar-refractivity contribution in [1.29, 1.82) is 0 Å². The molecule has 0 atom stereocenters. The van der Waals surface area contributed by atoms with E-state index in [0.29, 0.717) is 26.1 Å². The molecule has 4 N–H and O–H groups in total. The molecule has 0 unspecified atom stereocenters. The molecule has 0 spiro atoms. The van der Waals surface area contributed by atoms with Gasteiger partial charge in [0.15, 0.2) is 4.75 Å². The highest BCUT2D eigenvalue weighted by atomic mass is 32.2. The minimum atomic E-state index is -3.93. The van der Waals surface area contributed by atoms with E-state index in [1.807, 2.05) is 31.2 Å². The molecule has 11 heteroatoms. The van der Waals surface area contributed by atoms with Crippen LogP contribution in [0.15, 0.2) is 24.3 Å². The molecule has 2 amide bonds. The number of benzene rings is 1. The van der Waals surface area contributed by atoms with Crippen LogP contribution in [0.4, 0.5) is 5.69 Å². The van der Waals surface area contributed by atoms with Crippen molar-refractivity contribution in [2.24, 2.45) is 11.5 Å². The van der Waals surface area contributed by atoms with E-state index < -0.39 is 20.7 Å². The summed E-state index contributed by atoms with van der Waals surface area (Å²) >= 11 is 0. The molecular formula is C23H39N5O5S. The fourth-order valence-corrected chi connectivity index (χ4v) is 6.23. The number of likely N-dealkylation sites (tertiary alicyclic amines) is 1. The first-order chi connectivity index (χ1) is 16.2. The number of piperidine rings is 1. The summed E-state index contributed by atoms with van der Waals surface area (Å²) in [6.07, 6.45) is 2.83. The average molecular weight is 498 g/mol. The first-order valence-corrected chi connectivity index (χ1v) is 13.4. The van der Waals surface area contributed by atoms with Crippen LogP contribution in [0, 0.1) is 0 Å². The third-order valence-electron chi connectivity index (χ3n) is 6.24. The van der Waals surface area contributed by atoms with Crippen molar-refractivity contribution in [3.63, 3.8) is 0 Å². The number of anilines is 1. The number of hydrogen-bond acceptors (Lipinski definition) is 7. The number of nitrogens with zero attached hydrogens (tertiary/aromatic N) is 3. The van der Waals surface area contributed by atoms with Gasteiger partial charge in [-0.25, -0.2) is 8.42 Å². The van der Waals surface area contributed by atoms with E-state index in [2.05, 4.69) is 11.8 Å². The van der Waals surface area contributed by atoms with Gasteiger partial charge < -0.3 is 26.0 Å². The van der Waals surface area contributed by atoms with Gasteiger partial charge in [0.05, 0.1) is 6.61 Å². The predicted molar refractivity (Wildman–Crippen MR) is 133 cm³/mol. The molecule has 0 saturated carbocycles. The number of hydrogen-bond donors (Lipinski definition) is 2. The quantitative estimate of drug-likeness (QED) is 0.379. The number of ether oxygens (including phenoxy) is 1. The summed E-state index contributed by atoms with van der Waals surface area (Å²) in [5.41, 5.74) is 11.4. The number of carbonyl (C=O) groups excluding carboxylic acids is 2. The monoisotopic (exact) mass is 497 g/mol. The molecule has 1 aromatic rings. The standard InChI is InChI=1S/C21H32N4O5S.C2H7N/c1-2-3-16-30-19-6-4-18(5-7-19)24-12-14-25(15-13-24)31(28,29)21(20(22)27)8-10-23(17-26)11-9-21;1-2-3/h4-7,17H,2-3,8-16H2,1H3,(H2,22,27);2-3H2,1H3. The zero-order valence-electron chi connectivity index (χ0n) is 20.3. The summed E-state index contributed by atoms with van der Waals surface area (Å²) < 4.78 is 32.2. The lowest BCUT2D eigenvalue weighted by Crippen LogP contribution is -2.63. The third kappa shape index (κ3) is 6.39. The van der Waals surface area contributed by atoms with Crippen molar-refractivity contribution in [2.75, 3.05) is 57.3 Å². The number of primary amides is 1. The highest BCUT2D eigenvalue weighted by Crippen LogP contribution is 2.34. The lowest BCUT2D eigenvalue weighted by atomic mass is 9.95. The van der Waals surface area contributed by atoms with E-state index in [-0.39, 0.29) is 39.0 Å². The van der Waals surface area contributed by atoms with Crippen LogP contribution >= 0.6 is 0 Å². The third-order valence-corrected chi connectivity index (χ3v) is 8.89. The van der Waals surface area contributed by atoms with Gasteiger partial charge in [-0.3, -0.25) is 9.59 Å². The number of nitrogens with two attached hydrogens (primary N) is 2. The molecule has 0 aliphatic carbocycles. The molecule has 2 fully saturated rings. The molecule has 0 bridgehead atoms. The molecule has 192 valence electrons. The van der Waals surface area contributed by atoms with Crippen LogP contribution in [0.3, 0.4) is 0 Å². The van der Waals surface area contributed by atoms with Crippen molar-refractivity contribution in [3.8, 4) is 5.75 Å². The molecule has 34 heavy (non-hydrogen) atoms. The number of carbonyl (C=O) groups is 2. The molecule has 3 rings (SSSR count). The smallest absolute Gasteiger partial charge is 0.240 e. The molecule has 2 heterocycles. The lowest BCUT2D eigenvalue weighted by molar-refractivity contribution is -0.125. The topological polar surface area (TPSA) is 139 Å². The van der Waals surface area contributed by atoms with Gasteiger partial charge in [0.1, 0.15) is 5.75 Å². The van der Waals surface area contributed by atoms with Crippen LogP contribution < -0.4 is 21.1 Å². The molecule has 2 saturated heterocycles. The average Bonchev–Trinajstić information content (AvgIpc) is 2.85. The van der Waals surface area contributed by atoms with Crippen LogP contribution in [0.25, 0.3) is 0 Å². The first-order valence-electron chi connectivity index (χ1n) is 11.9. The fourth-order valence-electron chi connectivity index (χ4n) is 4.14. The summed E-state index contributed by atoms with van der Waals surface area (Å²) in [6, 6.07) is 7.81. The number of sulfonamides is 1. The second-order valence-electron chi connectivity index (χ2n) is 8.50. The highest BCUT2D eigenvalue weighted by Gasteiger charge is 2.53. The maximum atomic E-state index is 13.4. The van der Waals surface area contributed by atoms with Crippen LogP contribution in [0.1, 0.15) is 39.5 Å². The van der Waals surface area contributed by atoms with Gasteiger partial charge in [-0.05, 0) is 50.1 Å². The van der Waals surface area contributed by atoms with Gasteiger partial charge >= 0.3 is 0 Å². The van der Waals surface area contributed by atoms with Crippen molar-refractivity contribution in [2.45, 2.75) is 44.3 Å². The second kappa shape index (κ2) is 12.9. The number of unbranched alkanes of at least 4 members (excludes halogenated alkanes) is 1. The SMILES string of the molecule is CCCCOc1ccc(N2CCN(S(=O)(=O)C3(C(N)=O)CCN(C=O)CC3)CC2)cc1.CCN. The molecule has 2 aliphatic rings. The normalized spacial score (nSPS) is 18.6. The molecule has 10 nitrogen and oxygen atoms in total. The van der Waals surface area contributed by atoms with Crippen LogP contribution in [0.5, 0.6) is 5.75 Å². The summed E-state index contributed by atoms with van der Waals surface area (Å²) in [5.74, 6) is -0.0115. The summed E-state index contributed by atoms with van der Waals surface area (Å²) in [5, 5.41) is 0. The van der Waals surface area contributed by atoms with Gasteiger partial charge in [0.25, 0.3) is 0 Å². The Hall–Kier alpha value is -2.37. The Morgan fingerprint density at radius 1 is 1.06 bits per heavy atom. The van der Waals surface area contributed by atoms with E-state index in [1.54, 1.807) is 0 Å². The summed E-state index contributed by atoms with van der Waals surface area (Å²) in [7, 11) is -3.93. The molecule has 0 radical (unpaired) electrons. The van der Waals surface area contributed by atoms with Gasteiger partial charge in [-0.2, -0.15) is 4.31 Å². The van der Waals surface area contributed by atoms with E-state index in [1.165, 1.54) is 9.21 Å². The van der Waals surface area contributed by atoms with Gasteiger partial charge in [0, 0.05) is 45.0 Å². The van der Waals surface area contributed by atoms with E-state index in [9.17, 15) is 18.0 Å². The largest absolute Gasteiger partial charge is 0.494 e. The van der Waals surface area contributed by atoms with Gasteiger partial charge in [0.2, 0.25) is 22.3 Å². The van der Waals surface area contributed by atoms with Crippen molar-refractivity contribution in [3.05, 3.63) is 24.3 Å². The maximum Gasteiger partial charge on any atom is 0.240 e. The zero-order valence-corrected chi connectivity index (χ0v) is 21.1. The summed E-state index contributed by atoms with van der Waals surface area (Å²) in [6.45, 7) is 7.48. The molecule has 1 aromatic carbocycles. The molecule has 0 aromatic heterocycles. The van der Waals surface area contributed by atoms with Gasteiger partial charge in [-0.15, -0.1) is 0 Å². The molecular weight excluding hydrogens is 458 g/mol. The Balaban J connectivity index is 0.00000129. The Morgan fingerprint density at radius 3 is 2.09 bits per heavy atom. The predicted octanol–water partition coefficient (Wildman–Crippen LogP) is 0.759. The zero-order chi connectivity index (χ0) is 25.2. The van der Waals surface area contributed by atoms with Crippen molar-refractivity contribution >= 4 is 28.0 Å². The van der Waals surface area contributed by atoms with Crippen LogP contribution in [-0.2, 0) is 19.6 Å². The minimum absolute atomic E-state index is 0.0309. The van der Waals surface area contributed by atoms with Crippen LogP contribution in [-0.4, -0.2) is 87.1 Å². The number of piperazine rings is 1.